The Morgan fingerprint density at radius 2 is 1.45 bits per heavy atom. The van der Waals surface area contributed by atoms with Crippen LogP contribution < -0.4 is 0 Å². The van der Waals surface area contributed by atoms with E-state index in [2.05, 4.69) is 51.7 Å². The molecule has 3 nitrogen and oxygen atoms in total. The number of aliphatic hydroxyl groups is 1. The van der Waals surface area contributed by atoms with Gasteiger partial charge in [0.05, 0.1) is 0 Å². The van der Waals surface area contributed by atoms with E-state index in [0.717, 1.165) is 6.42 Å². The van der Waals surface area contributed by atoms with Gasteiger partial charge in [0.25, 0.3) is 0 Å². The van der Waals surface area contributed by atoms with Gasteiger partial charge in [-0.1, -0.05) is 0 Å². The van der Waals surface area contributed by atoms with Gasteiger partial charge in [-0.3, -0.25) is 0 Å². The number of hydrogen-bond acceptors (Lipinski definition) is 3. The van der Waals surface area contributed by atoms with Crippen molar-refractivity contribution in [2.24, 2.45) is 11.8 Å². The molecule has 4 heteroatoms. The van der Waals surface area contributed by atoms with Crippen LogP contribution in [0.1, 0.15) is 86.5 Å². The fourth-order valence-corrected chi connectivity index (χ4v) is 19.4. The summed E-state index contributed by atoms with van der Waals surface area (Å²) in [7, 11) is 1.78. The van der Waals surface area contributed by atoms with Gasteiger partial charge >= 0.3 is 186 Å². The van der Waals surface area contributed by atoms with Crippen molar-refractivity contribution >= 4 is 18.4 Å². The molecule has 0 spiro atoms. The molecule has 1 heterocycles. The Balaban J connectivity index is 2.78. The summed E-state index contributed by atoms with van der Waals surface area (Å²) in [6.45, 7) is 13.5. The van der Waals surface area contributed by atoms with Crippen LogP contribution >= 0.6 is 0 Å². The van der Waals surface area contributed by atoms with Crippen LogP contribution in [-0.2, 0) is 9.47 Å². The molecule has 1 saturated heterocycles. The Bertz CT molecular complexity index is 428. The maximum atomic E-state index is 10.9. The van der Waals surface area contributed by atoms with Crippen molar-refractivity contribution in [2.45, 2.75) is 124 Å². The molecule has 1 rings (SSSR count). The zero-order valence-corrected chi connectivity index (χ0v) is 23.3. The van der Waals surface area contributed by atoms with Gasteiger partial charge in [-0.15, -0.1) is 0 Å². The summed E-state index contributed by atoms with van der Waals surface area (Å²) in [5, 5.41) is 10.9. The number of epoxide rings is 1. The molecule has 1 aliphatic heterocycles. The predicted octanol–water partition coefficient (Wildman–Crippen LogP) is 6.76. The Hall–Kier alpha value is 0.419. The van der Waals surface area contributed by atoms with E-state index in [-0.39, 0.29) is 24.2 Å². The van der Waals surface area contributed by atoms with Gasteiger partial charge in [0.15, 0.2) is 0 Å². The molecule has 6 atom stereocenters. The van der Waals surface area contributed by atoms with Crippen molar-refractivity contribution in [3.05, 3.63) is 10.2 Å². The number of hydrogen-bond donors (Lipinski definition) is 1. The second-order valence-electron chi connectivity index (χ2n) is 9.49. The van der Waals surface area contributed by atoms with E-state index in [9.17, 15) is 5.11 Å². The molecule has 0 unspecified atom stereocenters. The molecule has 0 radical (unpaired) electrons. The third kappa shape index (κ3) is 8.82. The van der Waals surface area contributed by atoms with Crippen LogP contribution in [0.2, 0.25) is 13.3 Å². The van der Waals surface area contributed by atoms with Gasteiger partial charge in [0.2, 0.25) is 0 Å². The first-order chi connectivity index (χ1) is 13.9. The standard InChI is InChI=1S/C13H23O3.3C4H9.Sn/c1-6-8(3)11(14)13-12(16-13)9(4)10(7-2)15-5;3*1-3-4-2;/h1,6,8-14H,7H2,2-5H3;3*1,3-4H2,2H3;/t8-,9+,10-,11+,12-,13-;;;;/m1..../s1. The van der Waals surface area contributed by atoms with Crippen LogP contribution in [0.15, 0.2) is 10.2 Å². The normalized spacial score (nSPS) is 23.9. The van der Waals surface area contributed by atoms with Gasteiger partial charge in [0, 0.05) is 0 Å². The third-order valence-electron chi connectivity index (χ3n) is 7.08. The number of aliphatic hydroxyl groups excluding tert-OH is 1. The molecule has 1 aliphatic rings. The monoisotopic (exact) mass is 518 g/mol. The molecule has 0 aliphatic carbocycles. The number of methoxy groups -OCH3 is 1. The second-order valence-corrected chi connectivity index (χ2v) is 22.5. The zero-order chi connectivity index (χ0) is 21.9. The molecule has 1 fully saturated rings. The SMILES string of the molecule is CCC[CH2][Sn](/[CH]=C/[C@@H](C)[C@H](O)[C@H]1O[C@@H]1[C@@H](C)[C@@H](CC)OC)([CH2]CCC)[CH2]CCC. The number of rotatable bonds is 17. The number of unbranched alkanes of at least 4 members (excludes halogenated alkanes) is 3. The second kappa shape index (κ2) is 14.5. The van der Waals surface area contributed by atoms with Crippen molar-refractivity contribution in [1.29, 1.82) is 0 Å². The van der Waals surface area contributed by atoms with Crippen molar-refractivity contribution in [3.63, 3.8) is 0 Å². The predicted molar refractivity (Wildman–Crippen MR) is 128 cm³/mol. The van der Waals surface area contributed by atoms with Gasteiger partial charge in [-0.05, 0) is 0 Å². The molecule has 29 heavy (non-hydrogen) atoms. The van der Waals surface area contributed by atoms with Crippen LogP contribution in [-0.4, -0.2) is 55.0 Å². The van der Waals surface area contributed by atoms with Gasteiger partial charge in [0.1, 0.15) is 0 Å². The van der Waals surface area contributed by atoms with Gasteiger partial charge in [-0.25, -0.2) is 0 Å². The van der Waals surface area contributed by atoms with E-state index in [1.807, 2.05) is 0 Å². The Labute approximate surface area is 185 Å². The van der Waals surface area contributed by atoms with Crippen molar-refractivity contribution in [1.82, 2.24) is 0 Å². The third-order valence-corrected chi connectivity index (χ3v) is 21.2. The Morgan fingerprint density at radius 3 is 1.86 bits per heavy atom. The fourth-order valence-electron chi connectivity index (χ4n) is 4.78. The van der Waals surface area contributed by atoms with E-state index >= 15 is 0 Å². The average molecular weight is 517 g/mol. The first kappa shape index (κ1) is 27.5. The summed E-state index contributed by atoms with van der Waals surface area (Å²) in [5.74, 6) is 0.499. The average Bonchev–Trinajstić information content (AvgIpc) is 3.53. The van der Waals surface area contributed by atoms with Crippen LogP contribution in [0.5, 0.6) is 0 Å². The van der Waals surface area contributed by atoms with Crippen LogP contribution in [0.25, 0.3) is 0 Å². The van der Waals surface area contributed by atoms with Crippen molar-refractivity contribution in [2.75, 3.05) is 7.11 Å². The molecule has 0 saturated carbocycles. The van der Waals surface area contributed by atoms with E-state index < -0.39 is 24.5 Å². The zero-order valence-electron chi connectivity index (χ0n) is 20.5. The van der Waals surface area contributed by atoms with E-state index in [4.69, 9.17) is 9.47 Å². The molecular weight excluding hydrogens is 467 g/mol. The topological polar surface area (TPSA) is 42.0 Å². The molecule has 0 aromatic rings. The minimum atomic E-state index is -2.27. The molecule has 0 aromatic heterocycles. The van der Waals surface area contributed by atoms with E-state index in [1.165, 1.54) is 51.8 Å². The Kier molecular flexibility index (Phi) is 13.7. The molecule has 172 valence electrons. The molecule has 0 aromatic carbocycles. The summed E-state index contributed by atoms with van der Waals surface area (Å²) >= 11 is -2.27. The fraction of sp³-hybridized carbons (Fsp3) is 0.920. The quantitative estimate of drug-likeness (QED) is 0.171. The summed E-state index contributed by atoms with van der Waals surface area (Å²) in [5.41, 5.74) is 0. The molecule has 0 amide bonds. The Morgan fingerprint density at radius 1 is 0.931 bits per heavy atom. The minimum absolute atomic E-state index is 0.0274. The summed E-state index contributed by atoms with van der Waals surface area (Å²) in [4.78, 5) is 0. The van der Waals surface area contributed by atoms with Crippen LogP contribution in [0, 0.1) is 11.8 Å². The molecular formula is C25H50O3Sn. The van der Waals surface area contributed by atoms with Crippen molar-refractivity contribution < 1.29 is 14.6 Å². The van der Waals surface area contributed by atoms with E-state index in [1.54, 1.807) is 7.11 Å². The van der Waals surface area contributed by atoms with Crippen molar-refractivity contribution in [3.8, 4) is 0 Å². The van der Waals surface area contributed by atoms with Crippen LogP contribution in [0.4, 0.5) is 0 Å². The van der Waals surface area contributed by atoms with E-state index in [0.29, 0.717) is 5.92 Å². The summed E-state index contributed by atoms with van der Waals surface area (Å²) in [6.07, 6.45) is 11.3. The molecule has 1 N–H and O–H groups in total. The maximum absolute atomic E-state index is 10.9. The van der Waals surface area contributed by atoms with Crippen LogP contribution in [0.3, 0.4) is 0 Å². The number of ether oxygens (including phenoxy) is 2. The molecule has 0 bridgehead atoms. The van der Waals surface area contributed by atoms with Gasteiger partial charge < -0.3 is 0 Å². The summed E-state index contributed by atoms with van der Waals surface area (Å²) < 4.78 is 18.7. The summed E-state index contributed by atoms with van der Waals surface area (Å²) in [6, 6.07) is 0. The first-order valence-electron chi connectivity index (χ1n) is 12.4. The first-order valence-corrected chi connectivity index (χ1v) is 20.1. The van der Waals surface area contributed by atoms with Gasteiger partial charge in [-0.2, -0.15) is 0 Å².